The van der Waals surface area contributed by atoms with Gasteiger partial charge in [-0.15, -0.1) is 0 Å². The van der Waals surface area contributed by atoms with Crippen molar-refractivity contribution in [1.82, 2.24) is 4.90 Å². The predicted octanol–water partition coefficient (Wildman–Crippen LogP) is 5.17. The van der Waals surface area contributed by atoms with E-state index in [0.29, 0.717) is 11.8 Å². The van der Waals surface area contributed by atoms with Crippen LogP contribution in [-0.2, 0) is 14.3 Å². The Morgan fingerprint density at radius 3 is 2.55 bits per heavy atom. The minimum Gasteiger partial charge on any atom is -0.462 e. The van der Waals surface area contributed by atoms with Gasteiger partial charge in [0.25, 0.3) is 0 Å². The van der Waals surface area contributed by atoms with Gasteiger partial charge in [0, 0.05) is 17.9 Å². The first-order chi connectivity index (χ1) is 14.7. The van der Waals surface area contributed by atoms with Crippen molar-refractivity contribution >= 4 is 12.1 Å². The van der Waals surface area contributed by atoms with Crippen LogP contribution in [0.2, 0.25) is 0 Å². The topological polar surface area (TPSA) is 55.8 Å². The molecule has 4 rings (SSSR count). The summed E-state index contributed by atoms with van der Waals surface area (Å²) in [7, 11) is 0. The van der Waals surface area contributed by atoms with Crippen molar-refractivity contribution in [2.45, 2.75) is 110 Å². The van der Waals surface area contributed by atoms with Gasteiger partial charge in [-0.05, 0) is 78.6 Å². The van der Waals surface area contributed by atoms with Crippen LogP contribution >= 0.6 is 0 Å². The Balaban J connectivity index is 1.60. The van der Waals surface area contributed by atoms with Gasteiger partial charge in [-0.25, -0.2) is 4.79 Å². The van der Waals surface area contributed by atoms with Crippen LogP contribution in [0.25, 0.3) is 0 Å². The lowest BCUT2D eigenvalue weighted by molar-refractivity contribution is -0.144. The van der Waals surface area contributed by atoms with Crippen LogP contribution in [0, 0.1) is 41.4 Å². The summed E-state index contributed by atoms with van der Waals surface area (Å²) in [4.78, 5) is 27.3. The minimum absolute atomic E-state index is 0.000823. The van der Waals surface area contributed by atoms with E-state index in [1.807, 2.05) is 32.6 Å². The first-order valence-electron chi connectivity index (χ1n) is 12.4. The monoisotopic (exact) mass is 429 g/mol. The normalized spacial score (nSPS) is 40.2. The van der Waals surface area contributed by atoms with Gasteiger partial charge in [0.2, 0.25) is 0 Å². The molecule has 4 fully saturated rings. The number of esters is 1. The summed E-state index contributed by atoms with van der Waals surface area (Å²) in [5.41, 5.74) is -0.519. The SMILES string of the molecule is C[C@@H]1OC(=O)[C@H]2C[C@H]3CCCC[C@@H]3[C@@H](C#C[C@H]3CCC[C@H](C)N3C(=O)OC(C)(C)C)[C@@H]12. The lowest BCUT2D eigenvalue weighted by atomic mass is 9.57. The Morgan fingerprint density at radius 2 is 1.81 bits per heavy atom. The smallest absolute Gasteiger partial charge is 0.411 e. The molecule has 0 unspecified atom stereocenters. The minimum atomic E-state index is -0.519. The molecule has 0 spiro atoms. The first kappa shape index (κ1) is 22.5. The number of ether oxygens (including phenoxy) is 2. The van der Waals surface area contributed by atoms with Crippen molar-refractivity contribution in [2.75, 3.05) is 0 Å². The highest BCUT2D eigenvalue weighted by atomic mass is 16.6. The number of piperidine rings is 1. The van der Waals surface area contributed by atoms with Gasteiger partial charge in [0.15, 0.2) is 0 Å². The molecule has 2 saturated carbocycles. The third kappa shape index (κ3) is 4.59. The van der Waals surface area contributed by atoms with Crippen LogP contribution in [0.3, 0.4) is 0 Å². The van der Waals surface area contributed by atoms with Crippen LogP contribution in [-0.4, -0.2) is 40.8 Å². The molecule has 2 aliphatic heterocycles. The second-order valence-corrected chi connectivity index (χ2v) is 11.3. The standard InChI is InChI=1S/C26H39NO4/c1-16-9-8-11-19(27(16)25(29)31-26(3,4)5)13-14-21-20-12-7-6-10-18(20)15-22-23(21)17(2)30-24(22)28/h16-23H,6-12,15H2,1-5H3/t16-,17-,18+,19+,20-,21+,22-,23+/m0/s1. The summed E-state index contributed by atoms with van der Waals surface area (Å²) >= 11 is 0. The molecule has 4 aliphatic rings. The summed E-state index contributed by atoms with van der Waals surface area (Å²) in [6.45, 7) is 9.85. The van der Waals surface area contributed by atoms with Crippen molar-refractivity contribution in [1.29, 1.82) is 0 Å². The van der Waals surface area contributed by atoms with Crippen LogP contribution in [0.15, 0.2) is 0 Å². The molecule has 2 saturated heterocycles. The van der Waals surface area contributed by atoms with Crippen LogP contribution in [0.5, 0.6) is 0 Å². The zero-order chi connectivity index (χ0) is 22.3. The molecule has 5 heteroatoms. The van der Waals surface area contributed by atoms with E-state index in [-0.39, 0.29) is 48.0 Å². The van der Waals surface area contributed by atoms with Gasteiger partial charge >= 0.3 is 12.1 Å². The van der Waals surface area contributed by atoms with Gasteiger partial charge in [-0.2, -0.15) is 0 Å². The number of carbonyl (C=O) groups excluding carboxylic acids is 2. The number of amides is 1. The molecular weight excluding hydrogens is 390 g/mol. The van der Waals surface area contributed by atoms with Crippen LogP contribution in [0.1, 0.15) is 86.0 Å². The number of likely N-dealkylation sites (tertiary alicyclic amines) is 1. The largest absolute Gasteiger partial charge is 0.462 e. The zero-order valence-corrected chi connectivity index (χ0v) is 19.9. The highest BCUT2D eigenvalue weighted by Crippen LogP contribution is 2.52. The van der Waals surface area contributed by atoms with Gasteiger partial charge < -0.3 is 9.47 Å². The summed E-state index contributed by atoms with van der Waals surface area (Å²) in [5.74, 6) is 8.67. The molecular formula is C26H39NO4. The third-order valence-corrected chi connectivity index (χ3v) is 7.94. The maximum Gasteiger partial charge on any atom is 0.411 e. The summed E-state index contributed by atoms with van der Waals surface area (Å²) < 4.78 is 11.4. The Bertz CT molecular complexity index is 760. The zero-order valence-electron chi connectivity index (χ0n) is 19.9. The van der Waals surface area contributed by atoms with Crippen molar-refractivity contribution in [3.63, 3.8) is 0 Å². The van der Waals surface area contributed by atoms with E-state index >= 15 is 0 Å². The van der Waals surface area contributed by atoms with Gasteiger partial charge in [0.05, 0.1) is 12.0 Å². The average molecular weight is 430 g/mol. The first-order valence-corrected chi connectivity index (χ1v) is 12.4. The van der Waals surface area contributed by atoms with E-state index in [1.165, 1.54) is 25.7 Å². The highest BCUT2D eigenvalue weighted by Gasteiger charge is 2.54. The molecule has 0 aromatic rings. The number of rotatable bonds is 0. The maximum absolute atomic E-state index is 13.0. The van der Waals surface area contributed by atoms with Crippen molar-refractivity contribution < 1.29 is 19.1 Å². The molecule has 172 valence electrons. The second kappa shape index (κ2) is 8.68. The van der Waals surface area contributed by atoms with E-state index < -0.39 is 5.60 Å². The number of nitrogens with zero attached hydrogens (tertiary/aromatic N) is 1. The number of carbonyl (C=O) groups is 2. The third-order valence-electron chi connectivity index (χ3n) is 7.94. The summed E-state index contributed by atoms with van der Waals surface area (Å²) in [5, 5.41) is 0. The molecule has 1 amide bonds. The molecule has 31 heavy (non-hydrogen) atoms. The summed E-state index contributed by atoms with van der Waals surface area (Å²) in [6.07, 6.45) is 8.51. The Kier molecular flexibility index (Phi) is 6.30. The van der Waals surface area contributed by atoms with Crippen LogP contribution in [0.4, 0.5) is 4.79 Å². The molecule has 2 aliphatic carbocycles. The molecule has 0 bridgehead atoms. The molecule has 0 aromatic carbocycles. The number of hydrogen-bond donors (Lipinski definition) is 0. The number of fused-ring (bicyclic) bond motifs is 2. The van der Waals surface area contributed by atoms with E-state index in [2.05, 4.69) is 18.8 Å². The van der Waals surface area contributed by atoms with Gasteiger partial charge in [-0.3, -0.25) is 9.69 Å². The van der Waals surface area contributed by atoms with Crippen molar-refractivity contribution in [3.8, 4) is 11.8 Å². The Labute approximate surface area is 187 Å². The lowest BCUT2D eigenvalue weighted by Gasteiger charge is -2.45. The van der Waals surface area contributed by atoms with E-state index in [1.54, 1.807) is 0 Å². The number of hydrogen-bond acceptors (Lipinski definition) is 4. The van der Waals surface area contributed by atoms with Crippen LogP contribution < -0.4 is 0 Å². The number of cyclic esters (lactones) is 1. The lowest BCUT2D eigenvalue weighted by Crippen LogP contribution is -2.50. The predicted molar refractivity (Wildman–Crippen MR) is 119 cm³/mol. The molecule has 0 N–H and O–H groups in total. The molecule has 2 heterocycles. The quantitative estimate of drug-likeness (QED) is 0.394. The Morgan fingerprint density at radius 1 is 1.06 bits per heavy atom. The molecule has 8 atom stereocenters. The average Bonchev–Trinajstić information content (AvgIpc) is 2.97. The fourth-order valence-electron chi connectivity index (χ4n) is 6.59. The fraction of sp³-hybridized carbons (Fsp3) is 0.846. The van der Waals surface area contributed by atoms with E-state index in [4.69, 9.17) is 9.47 Å². The van der Waals surface area contributed by atoms with Crippen molar-refractivity contribution in [3.05, 3.63) is 0 Å². The summed E-state index contributed by atoms with van der Waals surface area (Å²) in [6, 6.07) is 0.00842. The van der Waals surface area contributed by atoms with Gasteiger partial charge in [-0.1, -0.05) is 31.1 Å². The molecule has 5 nitrogen and oxygen atoms in total. The van der Waals surface area contributed by atoms with Crippen molar-refractivity contribution in [2.24, 2.45) is 29.6 Å². The van der Waals surface area contributed by atoms with E-state index in [9.17, 15) is 9.59 Å². The van der Waals surface area contributed by atoms with Gasteiger partial charge in [0.1, 0.15) is 11.7 Å². The highest BCUT2D eigenvalue weighted by molar-refractivity contribution is 5.75. The Hall–Kier alpha value is -1.70. The second-order valence-electron chi connectivity index (χ2n) is 11.3. The fourth-order valence-corrected chi connectivity index (χ4v) is 6.59. The molecule has 0 radical (unpaired) electrons. The van der Waals surface area contributed by atoms with E-state index in [0.717, 1.165) is 25.7 Å². The molecule has 0 aromatic heterocycles. The maximum atomic E-state index is 13.0.